The van der Waals surface area contributed by atoms with E-state index in [2.05, 4.69) is 8.04 Å². The van der Waals surface area contributed by atoms with Crippen LogP contribution in [-0.2, 0) is 9.84 Å². The Morgan fingerprint density at radius 3 is 2.17 bits per heavy atom. The van der Waals surface area contributed by atoms with Gasteiger partial charge in [-0.15, -0.1) is 0 Å². The fraction of sp³-hybridized carbons (Fsp3) is 1.00. The molecule has 1 fully saturated rings. The van der Waals surface area contributed by atoms with Gasteiger partial charge in [0, 0.05) is 0 Å². The maximum absolute atomic E-state index is 11.2. The van der Waals surface area contributed by atoms with Crippen molar-refractivity contribution in [2.75, 3.05) is 24.3 Å². The Morgan fingerprint density at radius 2 is 1.83 bits per heavy atom. The molecule has 0 saturated carbocycles. The van der Waals surface area contributed by atoms with E-state index in [1.807, 2.05) is 0 Å². The van der Waals surface area contributed by atoms with Crippen LogP contribution in [-0.4, -0.2) is 41.1 Å². The topological polar surface area (TPSA) is 37.4 Å². The van der Waals surface area contributed by atoms with Crippen LogP contribution in [0.25, 0.3) is 0 Å². The molecule has 3 nitrogen and oxygen atoms in total. The second-order valence-electron chi connectivity index (χ2n) is 3.11. The van der Waals surface area contributed by atoms with Crippen LogP contribution < -0.4 is 21.5 Å². The van der Waals surface area contributed by atoms with E-state index in [1.165, 1.54) is 6.26 Å². The predicted octanol–water partition coefficient (Wildman–Crippen LogP) is -2.87. The van der Waals surface area contributed by atoms with Gasteiger partial charge in [-0.3, -0.25) is 0 Å². The third kappa shape index (κ3) is 2.85. The van der Waals surface area contributed by atoms with Gasteiger partial charge in [-0.1, -0.05) is 0 Å². The predicted molar refractivity (Wildman–Crippen MR) is 45.4 cm³/mol. The van der Waals surface area contributed by atoms with Gasteiger partial charge in [-0.25, -0.2) is 0 Å². The van der Waals surface area contributed by atoms with Crippen molar-refractivity contribution < 1.29 is 29.9 Å². The molecule has 1 aliphatic rings. The summed E-state index contributed by atoms with van der Waals surface area (Å²) in [5, 5.41) is -0.0655. The van der Waals surface area contributed by atoms with Gasteiger partial charge in [0.1, 0.15) is 0 Å². The Bertz CT molecular complexity index is 232. The van der Waals surface area contributed by atoms with Crippen LogP contribution in [0.1, 0.15) is 12.8 Å². The van der Waals surface area contributed by atoms with E-state index in [-0.39, 0.29) is 26.7 Å². The van der Waals surface area contributed by atoms with Crippen LogP contribution in [0.3, 0.4) is 0 Å². The minimum atomic E-state index is -2.77. The summed E-state index contributed by atoms with van der Waals surface area (Å²) in [7, 11) is -2.77. The standard InChI is InChI=1S/C7H15INO2S/c1-8-9-5-3-7(4-6-9)12(2,10)11/h7H,3-6H2,1-2H3/q-1. The quantitative estimate of drug-likeness (QED) is 0.313. The van der Waals surface area contributed by atoms with E-state index in [4.69, 9.17) is 0 Å². The average molecular weight is 304 g/mol. The van der Waals surface area contributed by atoms with Crippen molar-refractivity contribution in [1.29, 1.82) is 0 Å². The molecule has 0 aliphatic carbocycles. The normalized spacial score (nSPS) is 23.2. The molecular formula is C7H15INO2S-. The first-order valence-corrected chi connectivity index (χ1v) is 9.05. The molecule has 5 heteroatoms. The summed E-state index contributed by atoms with van der Waals surface area (Å²) in [6, 6.07) is 0. The van der Waals surface area contributed by atoms with Crippen molar-refractivity contribution >= 4 is 9.84 Å². The Labute approximate surface area is 85.1 Å². The van der Waals surface area contributed by atoms with Gasteiger partial charge in [-0.05, 0) is 0 Å². The van der Waals surface area contributed by atoms with Crippen molar-refractivity contribution in [1.82, 2.24) is 3.11 Å². The van der Waals surface area contributed by atoms with Gasteiger partial charge in [-0.2, -0.15) is 0 Å². The molecule has 0 aromatic rings. The molecule has 0 radical (unpaired) electrons. The summed E-state index contributed by atoms with van der Waals surface area (Å²) < 4.78 is 24.7. The average Bonchev–Trinajstić information content (AvgIpc) is 2.03. The molecule has 0 amide bonds. The third-order valence-corrected chi connectivity index (χ3v) is 6.24. The van der Waals surface area contributed by atoms with Gasteiger partial charge in [0.2, 0.25) is 0 Å². The van der Waals surface area contributed by atoms with Crippen molar-refractivity contribution in [2.24, 2.45) is 0 Å². The number of rotatable bonds is 2. The maximum atomic E-state index is 11.2. The molecule has 12 heavy (non-hydrogen) atoms. The minimum absolute atomic E-state index is 0.0655. The molecule has 1 rings (SSSR count). The fourth-order valence-electron chi connectivity index (χ4n) is 1.42. The Hall–Kier alpha value is 0.640. The first-order valence-electron chi connectivity index (χ1n) is 3.97. The zero-order chi connectivity index (χ0) is 9.19. The number of halogens is 1. The number of alkyl halides is 1. The first-order chi connectivity index (χ1) is 5.54. The molecular weight excluding hydrogens is 289 g/mol. The number of piperidine rings is 1. The molecule has 0 atom stereocenters. The molecule has 0 aromatic heterocycles. The number of hydrogen-bond acceptors (Lipinski definition) is 3. The summed E-state index contributed by atoms with van der Waals surface area (Å²) in [6.07, 6.45) is 3.03. The Kier molecular flexibility index (Phi) is 3.78. The number of hydrogen-bond donors (Lipinski definition) is 0. The zero-order valence-corrected chi connectivity index (χ0v) is 10.4. The third-order valence-electron chi connectivity index (χ3n) is 2.23. The molecule has 1 aliphatic heterocycles. The van der Waals surface area contributed by atoms with Gasteiger partial charge in [0.05, 0.1) is 0 Å². The van der Waals surface area contributed by atoms with Gasteiger partial charge in [0.15, 0.2) is 0 Å². The summed E-state index contributed by atoms with van der Waals surface area (Å²) in [5.74, 6) is 0. The second-order valence-corrected chi connectivity index (χ2v) is 7.76. The monoisotopic (exact) mass is 304 g/mol. The van der Waals surface area contributed by atoms with Crippen molar-refractivity contribution in [3.05, 3.63) is 0 Å². The van der Waals surface area contributed by atoms with Gasteiger partial charge < -0.3 is 0 Å². The summed E-state index contributed by atoms with van der Waals surface area (Å²) in [4.78, 5) is 2.22. The Balaban J connectivity index is 2.47. The molecule has 1 saturated heterocycles. The van der Waals surface area contributed by atoms with Crippen LogP contribution in [0.15, 0.2) is 0 Å². The van der Waals surface area contributed by atoms with Crippen LogP contribution in [0, 0.1) is 0 Å². The summed E-state index contributed by atoms with van der Waals surface area (Å²) >= 11 is 0.169. The molecule has 74 valence electrons. The first kappa shape index (κ1) is 10.7. The van der Waals surface area contributed by atoms with Crippen LogP contribution >= 0.6 is 0 Å². The van der Waals surface area contributed by atoms with Crippen LogP contribution in [0.2, 0.25) is 0 Å². The van der Waals surface area contributed by atoms with E-state index in [0.29, 0.717) is 0 Å². The molecule has 0 spiro atoms. The molecule has 0 N–H and O–H groups in total. The van der Waals surface area contributed by atoms with Crippen molar-refractivity contribution in [3.8, 4) is 0 Å². The van der Waals surface area contributed by atoms with Crippen LogP contribution in [0.4, 0.5) is 0 Å². The molecule has 0 unspecified atom stereocenters. The number of nitrogens with zero attached hydrogens (tertiary/aromatic N) is 1. The SMILES string of the molecule is C[I-]N1CCC(S(C)(=O)=O)CC1. The second kappa shape index (κ2) is 4.23. The molecule has 1 heterocycles. The van der Waals surface area contributed by atoms with Crippen molar-refractivity contribution in [2.45, 2.75) is 18.1 Å². The van der Waals surface area contributed by atoms with Gasteiger partial charge >= 0.3 is 85.2 Å². The van der Waals surface area contributed by atoms with E-state index in [1.54, 1.807) is 0 Å². The fourth-order valence-corrected chi connectivity index (χ4v) is 4.01. The molecule has 0 aromatic carbocycles. The van der Waals surface area contributed by atoms with Crippen molar-refractivity contribution in [3.63, 3.8) is 0 Å². The van der Waals surface area contributed by atoms with E-state index in [0.717, 1.165) is 25.9 Å². The van der Waals surface area contributed by atoms with E-state index in [9.17, 15) is 8.42 Å². The van der Waals surface area contributed by atoms with Crippen LogP contribution in [0.5, 0.6) is 0 Å². The summed E-state index contributed by atoms with van der Waals surface area (Å²) in [5.41, 5.74) is 0. The van der Waals surface area contributed by atoms with E-state index >= 15 is 0 Å². The van der Waals surface area contributed by atoms with Gasteiger partial charge in [0.25, 0.3) is 0 Å². The van der Waals surface area contributed by atoms with E-state index < -0.39 is 9.84 Å². The number of sulfone groups is 1. The zero-order valence-electron chi connectivity index (χ0n) is 7.46. The summed E-state index contributed by atoms with van der Waals surface area (Å²) in [6.45, 7) is 1.98. The Morgan fingerprint density at radius 1 is 1.33 bits per heavy atom. The molecule has 0 bridgehead atoms.